The third kappa shape index (κ3) is 3.61. The number of nitrogens with zero attached hydrogens (tertiary/aromatic N) is 2. The summed E-state index contributed by atoms with van der Waals surface area (Å²) < 4.78 is 0. The van der Waals surface area contributed by atoms with Gasteiger partial charge in [0, 0.05) is 25.0 Å². The minimum absolute atomic E-state index is 0.549. The van der Waals surface area contributed by atoms with Gasteiger partial charge in [-0.1, -0.05) is 31.0 Å². The number of pyridine rings is 1. The molecule has 3 nitrogen and oxygen atoms in total. The molecule has 1 heterocycles. The maximum absolute atomic E-state index is 5.83. The van der Waals surface area contributed by atoms with Crippen LogP contribution in [0.2, 0.25) is 0 Å². The van der Waals surface area contributed by atoms with Crippen LogP contribution in [0, 0.1) is 13.8 Å². The summed E-state index contributed by atoms with van der Waals surface area (Å²) in [7, 11) is 2.07. The Morgan fingerprint density at radius 3 is 2.52 bits per heavy atom. The summed E-state index contributed by atoms with van der Waals surface area (Å²) in [6, 6.07) is 10.7. The maximum Gasteiger partial charge on any atom is 0.133 e. The Morgan fingerprint density at radius 2 is 1.90 bits per heavy atom. The number of nitrogens with two attached hydrogens (primary N) is 1. The van der Waals surface area contributed by atoms with Crippen LogP contribution in [0.4, 0.5) is 11.5 Å². The van der Waals surface area contributed by atoms with E-state index in [1.54, 1.807) is 0 Å². The minimum atomic E-state index is 0.549. The van der Waals surface area contributed by atoms with Gasteiger partial charge in [-0.3, -0.25) is 0 Å². The predicted octanol–water partition coefficient (Wildman–Crippen LogP) is 3.88. The molecule has 0 bridgehead atoms. The SMILES string of the molecule is CCCc1cc(CN)cc(N(C)c2ccc(C)cc2C)n1. The van der Waals surface area contributed by atoms with Crippen LogP contribution in [0.5, 0.6) is 0 Å². The molecule has 0 saturated heterocycles. The molecule has 112 valence electrons. The first-order valence-corrected chi connectivity index (χ1v) is 7.56. The minimum Gasteiger partial charge on any atom is -0.329 e. The Morgan fingerprint density at radius 1 is 1.14 bits per heavy atom. The van der Waals surface area contributed by atoms with E-state index in [1.807, 2.05) is 0 Å². The topological polar surface area (TPSA) is 42.1 Å². The summed E-state index contributed by atoms with van der Waals surface area (Å²) in [6.45, 7) is 6.97. The second-order valence-electron chi connectivity index (χ2n) is 5.63. The Hall–Kier alpha value is -1.87. The Bertz CT molecular complexity index is 620. The van der Waals surface area contributed by atoms with Crippen LogP contribution in [-0.4, -0.2) is 12.0 Å². The quantitative estimate of drug-likeness (QED) is 0.905. The van der Waals surface area contributed by atoms with Gasteiger partial charge in [0.2, 0.25) is 0 Å². The summed E-state index contributed by atoms with van der Waals surface area (Å²) in [6.07, 6.45) is 2.08. The lowest BCUT2D eigenvalue weighted by atomic mass is 10.1. The van der Waals surface area contributed by atoms with Crippen molar-refractivity contribution in [2.75, 3.05) is 11.9 Å². The lowest BCUT2D eigenvalue weighted by molar-refractivity contribution is 0.870. The Labute approximate surface area is 127 Å². The van der Waals surface area contributed by atoms with Crippen molar-refractivity contribution in [1.82, 2.24) is 4.98 Å². The normalized spacial score (nSPS) is 10.7. The zero-order valence-corrected chi connectivity index (χ0v) is 13.5. The number of hydrogen-bond acceptors (Lipinski definition) is 3. The monoisotopic (exact) mass is 283 g/mol. The van der Waals surface area contributed by atoms with Crippen molar-refractivity contribution in [2.24, 2.45) is 5.73 Å². The van der Waals surface area contributed by atoms with Crippen molar-refractivity contribution in [2.45, 2.75) is 40.2 Å². The largest absolute Gasteiger partial charge is 0.329 e. The number of anilines is 2. The van der Waals surface area contributed by atoms with E-state index in [1.165, 1.54) is 16.8 Å². The zero-order chi connectivity index (χ0) is 15.4. The average Bonchev–Trinajstić information content (AvgIpc) is 2.46. The van der Waals surface area contributed by atoms with Gasteiger partial charge in [-0.25, -0.2) is 4.98 Å². The first-order valence-electron chi connectivity index (χ1n) is 7.56. The molecule has 21 heavy (non-hydrogen) atoms. The molecule has 0 aliphatic rings. The Kier molecular flexibility index (Phi) is 4.97. The first-order chi connectivity index (χ1) is 10.0. The van der Waals surface area contributed by atoms with E-state index in [-0.39, 0.29) is 0 Å². The fourth-order valence-electron chi connectivity index (χ4n) is 2.61. The summed E-state index contributed by atoms with van der Waals surface area (Å²) in [5, 5.41) is 0. The molecule has 2 rings (SSSR count). The van der Waals surface area contributed by atoms with Gasteiger partial charge in [-0.2, -0.15) is 0 Å². The van der Waals surface area contributed by atoms with E-state index in [2.05, 4.69) is 63.1 Å². The molecular weight excluding hydrogens is 258 g/mol. The lowest BCUT2D eigenvalue weighted by Crippen LogP contribution is -2.14. The highest BCUT2D eigenvalue weighted by Crippen LogP contribution is 2.27. The van der Waals surface area contributed by atoms with Crippen molar-refractivity contribution in [3.8, 4) is 0 Å². The van der Waals surface area contributed by atoms with E-state index < -0.39 is 0 Å². The average molecular weight is 283 g/mol. The van der Waals surface area contributed by atoms with E-state index in [0.717, 1.165) is 29.9 Å². The lowest BCUT2D eigenvalue weighted by Gasteiger charge is -2.22. The molecule has 2 aromatic rings. The van der Waals surface area contributed by atoms with Crippen molar-refractivity contribution < 1.29 is 0 Å². The van der Waals surface area contributed by atoms with Crippen LogP contribution in [-0.2, 0) is 13.0 Å². The third-order valence-corrected chi connectivity index (χ3v) is 3.72. The first kappa shape index (κ1) is 15.5. The smallest absolute Gasteiger partial charge is 0.133 e. The molecule has 0 spiro atoms. The van der Waals surface area contributed by atoms with Crippen LogP contribution >= 0.6 is 0 Å². The van der Waals surface area contributed by atoms with E-state index in [9.17, 15) is 0 Å². The van der Waals surface area contributed by atoms with Gasteiger partial charge < -0.3 is 10.6 Å². The molecule has 0 aliphatic heterocycles. The molecule has 2 N–H and O–H groups in total. The van der Waals surface area contributed by atoms with Crippen LogP contribution in [0.1, 0.15) is 35.7 Å². The van der Waals surface area contributed by atoms with Crippen molar-refractivity contribution in [3.05, 3.63) is 52.7 Å². The molecule has 0 amide bonds. The summed E-state index contributed by atoms with van der Waals surface area (Å²) in [5.74, 6) is 0.966. The second kappa shape index (κ2) is 6.72. The summed E-state index contributed by atoms with van der Waals surface area (Å²) in [4.78, 5) is 6.93. The molecule has 0 radical (unpaired) electrons. The highest BCUT2D eigenvalue weighted by atomic mass is 15.2. The van der Waals surface area contributed by atoms with Crippen LogP contribution in [0.3, 0.4) is 0 Å². The number of aryl methyl sites for hydroxylation is 3. The van der Waals surface area contributed by atoms with Gasteiger partial charge in [0.15, 0.2) is 0 Å². The third-order valence-electron chi connectivity index (χ3n) is 3.72. The summed E-state index contributed by atoms with van der Waals surface area (Å²) in [5.41, 5.74) is 11.8. The highest BCUT2D eigenvalue weighted by Gasteiger charge is 2.10. The van der Waals surface area contributed by atoms with Crippen molar-refractivity contribution >= 4 is 11.5 Å². The number of rotatable bonds is 5. The zero-order valence-electron chi connectivity index (χ0n) is 13.5. The maximum atomic E-state index is 5.83. The van der Waals surface area contributed by atoms with Crippen LogP contribution in [0.25, 0.3) is 0 Å². The highest BCUT2D eigenvalue weighted by molar-refractivity contribution is 5.64. The Balaban J connectivity index is 2.41. The van der Waals surface area contributed by atoms with Gasteiger partial charge in [0.25, 0.3) is 0 Å². The standard InChI is InChI=1S/C18H25N3/c1-5-6-16-10-15(12-19)11-18(20-16)21(4)17-8-7-13(2)9-14(17)3/h7-11H,5-6,12,19H2,1-4H3. The molecule has 0 fully saturated rings. The molecule has 0 aliphatic carbocycles. The molecule has 0 unspecified atom stereocenters. The van der Waals surface area contributed by atoms with Gasteiger partial charge in [0.1, 0.15) is 5.82 Å². The molecule has 1 aromatic carbocycles. The fourth-order valence-corrected chi connectivity index (χ4v) is 2.61. The van der Waals surface area contributed by atoms with Crippen molar-refractivity contribution in [1.29, 1.82) is 0 Å². The van der Waals surface area contributed by atoms with Gasteiger partial charge in [-0.05, 0) is 49.6 Å². The summed E-state index contributed by atoms with van der Waals surface area (Å²) >= 11 is 0. The van der Waals surface area contributed by atoms with Gasteiger partial charge in [0.05, 0.1) is 0 Å². The number of hydrogen-bond donors (Lipinski definition) is 1. The molecule has 0 atom stereocenters. The molecular formula is C18H25N3. The van der Waals surface area contributed by atoms with Crippen LogP contribution < -0.4 is 10.6 Å². The van der Waals surface area contributed by atoms with Gasteiger partial charge in [-0.15, -0.1) is 0 Å². The van der Waals surface area contributed by atoms with Gasteiger partial charge >= 0.3 is 0 Å². The molecule has 0 saturated carbocycles. The van der Waals surface area contributed by atoms with E-state index in [4.69, 9.17) is 10.7 Å². The fraction of sp³-hybridized carbons (Fsp3) is 0.389. The predicted molar refractivity (Wildman–Crippen MR) is 90.1 cm³/mol. The van der Waals surface area contributed by atoms with Crippen molar-refractivity contribution in [3.63, 3.8) is 0 Å². The molecule has 1 aromatic heterocycles. The second-order valence-corrected chi connectivity index (χ2v) is 5.63. The van der Waals surface area contributed by atoms with E-state index in [0.29, 0.717) is 6.54 Å². The number of aromatic nitrogens is 1. The molecule has 3 heteroatoms. The van der Waals surface area contributed by atoms with Crippen LogP contribution in [0.15, 0.2) is 30.3 Å². The number of benzene rings is 1. The van der Waals surface area contributed by atoms with E-state index >= 15 is 0 Å².